The van der Waals surface area contributed by atoms with Crippen LogP contribution in [0.3, 0.4) is 0 Å². The van der Waals surface area contributed by atoms with Gasteiger partial charge in [0.1, 0.15) is 12.4 Å². The zero-order chi connectivity index (χ0) is 20.6. The third-order valence-corrected chi connectivity index (χ3v) is 4.57. The molecule has 5 heteroatoms. The molecule has 3 rings (SSSR count). The van der Waals surface area contributed by atoms with Crippen LogP contribution in [0.4, 0.5) is 0 Å². The number of rotatable bonds is 8. The summed E-state index contributed by atoms with van der Waals surface area (Å²) >= 11 is 5.98. The zero-order valence-corrected chi connectivity index (χ0v) is 16.7. The van der Waals surface area contributed by atoms with Crippen LogP contribution in [0.5, 0.6) is 17.2 Å². The lowest BCUT2D eigenvalue weighted by atomic mass is 10.0. The van der Waals surface area contributed by atoms with Crippen LogP contribution in [0, 0.1) is 0 Å². The molecule has 0 aliphatic heterocycles. The monoisotopic (exact) mass is 408 g/mol. The maximum Gasteiger partial charge on any atom is 0.160 e. The number of carbonyl (C=O) groups is 1. The van der Waals surface area contributed by atoms with Gasteiger partial charge in [-0.15, -0.1) is 0 Å². The molecule has 0 saturated carbocycles. The third kappa shape index (κ3) is 5.87. The largest absolute Gasteiger partial charge is 0.504 e. The summed E-state index contributed by atoms with van der Waals surface area (Å²) in [6, 6.07) is 19.9. The zero-order valence-electron chi connectivity index (χ0n) is 16.0. The highest BCUT2D eigenvalue weighted by Gasteiger charge is 2.07. The Kier molecular flexibility index (Phi) is 6.93. The molecule has 0 atom stereocenters. The summed E-state index contributed by atoms with van der Waals surface area (Å²) in [5, 5.41) is 10.4. The Hall–Kier alpha value is -3.24. The Morgan fingerprint density at radius 2 is 1.83 bits per heavy atom. The molecule has 1 N–H and O–H groups in total. The Morgan fingerprint density at radius 3 is 2.55 bits per heavy atom. The summed E-state index contributed by atoms with van der Waals surface area (Å²) in [6.45, 7) is 0.347. The normalized spacial score (nSPS) is 10.8. The van der Waals surface area contributed by atoms with Crippen molar-refractivity contribution in [1.82, 2.24) is 0 Å². The van der Waals surface area contributed by atoms with Crippen LogP contribution in [0.2, 0.25) is 5.02 Å². The van der Waals surface area contributed by atoms with Crippen LogP contribution in [0.15, 0.2) is 72.8 Å². The molecule has 0 aliphatic rings. The first-order valence-electron chi connectivity index (χ1n) is 9.08. The fourth-order valence-corrected chi connectivity index (χ4v) is 3.02. The molecule has 0 aromatic heterocycles. The van der Waals surface area contributed by atoms with Gasteiger partial charge >= 0.3 is 0 Å². The average molecular weight is 409 g/mol. The molecule has 0 radical (unpaired) electrons. The highest BCUT2D eigenvalue weighted by Crippen LogP contribution is 2.26. The maximum absolute atomic E-state index is 12.4. The van der Waals surface area contributed by atoms with Gasteiger partial charge in [0.2, 0.25) is 0 Å². The fraction of sp³-hybridized carbons (Fsp3) is 0.125. The molecular weight excluding hydrogens is 388 g/mol. The molecule has 4 nitrogen and oxygen atoms in total. The SMILES string of the molecule is COc1ccc(/C=C/C(=O)Cc2ccccc2COc2cccc(Cl)c2)cc1O. The van der Waals surface area contributed by atoms with Crippen molar-refractivity contribution >= 4 is 23.5 Å². The summed E-state index contributed by atoms with van der Waals surface area (Å²) in [5.41, 5.74) is 2.56. The van der Waals surface area contributed by atoms with Crippen molar-refractivity contribution in [2.45, 2.75) is 13.0 Å². The van der Waals surface area contributed by atoms with Crippen molar-refractivity contribution < 1.29 is 19.4 Å². The number of benzene rings is 3. The van der Waals surface area contributed by atoms with Gasteiger partial charge < -0.3 is 14.6 Å². The van der Waals surface area contributed by atoms with Crippen molar-refractivity contribution in [2.75, 3.05) is 7.11 Å². The molecule has 0 unspecified atom stereocenters. The Morgan fingerprint density at radius 1 is 1.03 bits per heavy atom. The summed E-state index contributed by atoms with van der Waals surface area (Å²) < 4.78 is 10.8. The number of phenolic OH excluding ortho intramolecular Hbond substituents is 1. The molecule has 0 fully saturated rings. The predicted molar refractivity (Wildman–Crippen MR) is 115 cm³/mol. The second-order valence-corrected chi connectivity index (χ2v) is 6.86. The molecule has 0 spiro atoms. The minimum absolute atomic E-state index is 0.0330. The van der Waals surface area contributed by atoms with Crippen LogP contribution >= 0.6 is 11.6 Å². The Labute approximate surface area is 175 Å². The quantitative estimate of drug-likeness (QED) is 0.503. The number of ketones is 1. The number of halogens is 1. The molecule has 0 amide bonds. The molecule has 148 valence electrons. The first kappa shape index (κ1) is 20.5. The number of allylic oxidation sites excluding steroid dienone is 1. The minimum Gasteiger partial charge on any atom is -0.504 e. The van der Waals surface area contributed by atoms with Gasteiger partial charge in [-0.3, -0.25) is 4.79 Å². The van der Waals surface area contributed by atoms with Crippen molar-refractivity contribution in [3.8, 4) is 17.2 Å². The van der Waals surface area contributed by atoms with Gasteiger partial charge in [-0.1, -0.05) is 54.1 Å². The van der Waals surface area contributed by atoms with Crippen molar-refractivity contribution in [1.29, 1.82) is 0 Å². The Balaban J connectivity index is 1.65. The first-order chi connectivity index (χ1) is 14.0. The number of carbonyl (C=O) groups excluding carboxylic acids is 1. The van der Waals surface area contributed by atoms with Crippen LogP contribution < -0.4 is 9.47 Å². The molecule has 0 aliphatic carbocycles. The average Bonchev–Trinajstić information content (AvgIpc) is 2.72. The molecule has 0 saturated heterocycles. The van der Waals surface area contributed by atoms with E-state index in [1.165, 1.54) is 13.2 Å². The van der Waals surface area contributed by atoms with Crippen molar-refractivity contribution in [3.63, 3.8) is 0 Å². The van der Waals surface area contributed by atoms with Gasteiger partial charge in [0.25, 0.3) is 0 Å². The van der Waals surface area contributed by atoms with E-state index in [0.717, 1.165) is 11.1 Å². The molecular formula is C24H21ClO4. The van der Waals surface area contributed by atoms with Crippen molar-refractivity contribution in [3.05, 3.63) is 94.5 Å². The summed E-state index contributed by atoms with van der Waals surface area (Å²) in [4.78, 5) is 12.4. The van der Waals surface area contributed by atoms with Gasteiger partial charge in [-0.25, -0.2) is 0 Å². The summed E-state index contributed by atoms with van der Waals surface area (Å²) in [5.74, 6) is 1.06. The maximum atomic E-state index is 12.4. The van der Waals surface area contributed by atoms with Gasteiger partial charge in [0, 0.05) is 11.4 Å². The second kappa shape index (κ2) is 9.80. The first-order valence-corrected chi connectivity index (χ1v) is 9.46. The van der Waals surface area contributed by atoms with E-state index >= 15 is 0 Å². The van der Waals surface area contributed by atoms with E-state index in [1.54, 1.807) is 36.4 Å². The molecule has 29 heavy (non-hydrogen) atoms. The predicted octanol–water partition coefficient (Wildman–Crippen LogP) is 5.46. The number of methoxy groups -OCH3 is 1. The lowest BCUT2D eigenvalue weighted by Crippen LogP contribution is -2.05. The third-order valence-electron chi connectivity index (χ3n) is 4.34. The van der Waals surface area contributed by atoms with E-state index in [-0.39, 0.29) is 18.0 Å². The van der Waals surface area contributed by atoms with Crippen LogP contribution in [0.1, 0.15) is 16.7 Å². The molecule has 3 aromatic carbocycles. The lowest BCUT2D eigenvalue weighted by molar-refractivity contribution is -0.113. The standard InChI is InChI=1S/C24H21ClO4/c1-28-24-12-10-17(13-23(24)27)9-11-21(26)14-18-5-2-3-6-19(18)16-29-22-8-4-7-20(25)15-22/h2-13,15,27H,14,16H2,1H3/b11-9+. The highest BCUT2D eigenvalue weighted by molar-refractivity contribution is 6.30. The van der Waals surface area contributed by atoms with Gasteiger partial charge in [0.05, 0.1) is 7.11 Å². The van der Waals surface area contributed by atoms with E-state index < -0.39 is 0 Å². The van der Waals surface area contributed by atoms with E-state index in [1.807, 2.05) is 36.4 Å². The minimum atomic E-state index is -0.0458. The number of hydrogen-bond donors (Lipinski definition) is 1. The summed E-state index contributed by atoms with van der Waals surface area (Å²) in [6.07, 6.45) is 3.44. The number of hydrogen-bond acceptors (Lipinski definition) is 4. The summed E-state index contributed by atoms with van der Waals surface area (Å²) in [7, 11) is 1.49. The number of ether oxygens (including phenoxy) is 2. The molecule has 3 aromatic rings. The van der Waals surface area contributed by atoms with E-state index in [9.17, 15) is 9.90 Å². The highest BCUT2D eigenvalue weighted by atomic mass is 35.5. The van der Waals surface area contributed by atoms with Gasteiger partial charge in [0.15, 0.2) is 17.3 Å². The number of aromatic hydroxyl groups is 1. The Bertz CT molecular complexity index is 1030. The van der Waals surface area contributed by atoms with Crippen LogP contribution in [-0.4, -0.2) is 18.0 Å². The van der Waals surface area contributed by atoms with E-state index in [2.05, 4.69) is 0 Å². The van der Waals surface area contributed by atoms with Gasteiger partial charge in [-0.2, -0.15) is 0 Å². The lowest BCUT2D eigenvalue weighted by Gasteiger charge is -2.10. The van der Waals surface area contributed by atoms with Gasteiger partial charge in [-0.05, 0) is 53.1 Å². The van der Waals surface area contributed by atoms with Crippen LogP contribution in [-0.2, 0) is 17.8 Å². The van der Waals surface area contributed by atoms with Crippen LogP contribution in [0.25, 0.3) is 6.08 Å². The van der Waals surface area contributed by atoms with E-state index in [0.29, 0.717) is 28.7 Å². The second-order valence-electron chi connectivity index (χ2n) is 6.42. The number of phenols is 1. The topological polar surface area (TPSA) is 55.8 Å². The molecule has 0 heterocycles. The van der Waals surface area contributed by atoms with E-state index in [4.69, 9.17) is 21.1 Å². The smallest absolute Gasteiger partial charge is 0.160 e. The fourth-order valence-electron chi connectivity index (χ4n) is 2.84. The van der Waals surface area contributed by atoms with Crippen molar-refractivity contribution in [2.24, 2.45) is 0 Å². The molecule has 0 bridgehead atoms.